The first-order chi connectivity index (χ1) is 11.4. The number of nitrogens with zero attached hydrogens (tertiary/aromatic N) is 3. The predicted molar refractivity (Wildman–Crippen MR) is 88.5 cm³/mol. The third kappa shape index (κ3) is 3.07. The average molecular weight is 345 g/mol. The summed E-state index contributed by atoms with van der Waals surface area (Å²) in [6.07, 6.45) is 1.81. The van der Waals surface area contributed by atoms with E-state index in [1.54, 1.807) is 12.1 Å². The molecule has 7 heteroatoms. The van der Waals surface area contributed by atoms with E-state index in [4.69, 9.17) is 4.42 Å². The van der Waals surface area contributed by atoms with Gasteiger partial charge in [0.25, 0.3) is 15.1 Å². The van der Waals surface area contributed by atoms with Crippen molar-refractivity contribution >= 4 is 10.0 Å². The van der Waals surface area contributed by atoms with E-state index >= 15 is 0 Å². The Labute approximate surface area is 141 Å². The molecule has 1 aromatic carbocycles. The van der Waals surface area contributed by atoms with Crippen LogP contribution in [-0.4, -0.2) is 30.8 Å². The minimum absolute atomic E-state index is 0.148. The van der Waals surface area contributed by atoms with Crippen molar-refractivity contribution in [2.45, 2.75) is 31.8 Å². The van der Waals surface area contributed by atoms with Crippen LogP contribution in [0.15, 0.2) is 33.8 Å². The fourth-order valence-corrected chi connectivity index (χ4v) is 4.43. The summed E-state index contributed by atoms with van der Waals surface area (Å²) in [7, 11) is -3.85. The molecule has 0 bridgehead atoms. The van der Waals surface area contributed by atoms with E-state index in [-0.39, 0.29) is 16.7 Å². The number of oxazole rings is 1. The van der Waals surface area contributed by atoms with Gasteiger partial charge in [-0.3, -0.25) is 0 Å². The van der Waals surface area contributed by atoms with Crippen LogP contribution in [0.1, 0.15) is 31.0 Å². The van der Waals surface area contributed by atoms with Crippen LogP contribution in [-0.2, 0) is 10.0 Å². The highest BCUT2D eigenvalue weighted by molar-refractivity contribution is 7.89. The molecule has 1 aromatic heterocycles. The zero-order valence-electron chi connectivity index (χ0n) is 13.7. The summed E-state index contributed by atoms with van der Waals surface area (Å²) in [4.78, 5) is 4.08. The Morgan fingerprint density at radius 2 is 2.04 bits per heavy atom. The molecule has 1 aliphatic rings. The second kappa shape index (κ2) is 6.38. The topological polar surface area (TPSA) is 87.2 Å². The maximum absolute atomic E-state index is 12.9. The number of aryl methyl sites for hydroxylation is 1. The van der Waals surface area contributed by atoms with E-state index in [0.717, 1.165) is 18.4 Å². The minimum atomic E-state index is -3.85. The number of nitriles is 1. The van der Waals surface area contributed by atoms with Crippen LogP contribution in [0.4, 0.5) is 0 Å². The highest BCUT2D eigenvalue weighted by atomic mass is 32.2. The zero-order valence-corrected chi connectivity index (χ0v) is 14.5. The smallest absolute Gasteiger partial charge is 0.279 e. The zero-order chi connectivity index (χ0) is 17.3. The van der Waals surface area contributed by atoms with Gasteiger partial charge in [0.15, 0.2) is 5.69 Å². The number of piperidine rings is 1. The number of benzene rings is 1. The molecule has 1 atom stereocenters. The van der Waals surface area contributed by atoms with Crippen LogP contribution in [0.25, 0.3) is 11.5 Å². The lowest BCUT2D eigenvalue weighted by atomic mass is 10.0. The molecule has 0 spiro atoms. The Morgan fingerprint density at radius 1 is 1.33 bits per heavy atom. The van der Waals surface area contributed by atoms with Crippen LogP contribution >= 0.6 is 0 Å². The van der Waals surface area contributed by atoms with Gasteiger partial charge in [-0.25, -0.2) is 8.42 Å². The average Bonchev–Trinajstić information content (AvgIpc) is 3.00. The fourth-order valence-electron chi connectivity index (χ4n) is 2.85. The van der Waals surface area contributed by atoms with Crippen molar-refractivity contribution in [1.29, 1.82) is 5.26 Å². The van der Waals surface area contributed by atoms with E-state index in [1.165, 1.54) is 4.31 Å². The number of rotatable bonds is 3. The van der Waals surface area contributed by atoms with Gasteiger partial charge in [0.05, 0.1) is 0 Å². The molecule has 0 radical (unpaired) electrons. The second-order valence-electron chi connectivity index (χ2n) is 6.24. The Bertz CT molecular complexity index is 879. The molecule has 1 aliphatic heterocycles. The largest absolute Gasteiger partial charge is 0.422 e. The lowest BCUT2D eigenvalue weighted by Gasteiger charge is -2.28. The van der Waals surface area contributed by atoms with E-state index in [2.05, 4.69) is 4.98 Å². The van der Waals surface area contributed by atoms with Crippen molar-refractivity contribution in [3.05, 3.63) is 35.5 Å². The van der Waals surface area contributed by atoms with E-state index < -0.39 is 10.0 Å². The van der Waals surface area contributed by atoms with Gasteiger partial charge in [-0.05, 0) is 37.8 Å². The number of hydrogen-bond acceptors (Lipinski definition) is 5. The van der Waals surface area contributed by atoms with Gasteiger partial charge < -0.3 is 4.42 Å². The van der Waals surface area contributed by atoms with Gasteiger partial charge in [0.1, 0.15) is 6.07 Å². The molecule has 1 fully saturated rings. The molecule has 2 heterocycles. The summed E-state index contributed by atoms with van der Waals surface area (Å²) in [5.41, 5.74) is 1.52. The maximum Gasteiger partial charge on any atom is 0.279 e. The second-order valence-corrected chi connectivity index (χ2v) is 8.08. The van der Waals surface area contributed by atoms with Gasteiger partial charge >= 0.3 is 0 Å². The molecule has 24 heavy (non-hydrogen) atoms. The van der Waals surface area contributed by atoms with Crippen molar-refractivity contribution in [1.82, 2.24) is 9.29 Å². The van der Waals surface area contributed by atoms with Gasteiger partial charge in [-0.2, -0.15) is 14.6 Å². The summed E-state index contributed by atoms with van der Waals surface area (Å²) in [6.45, 7) is 4.85. The Balaban J connectivity index is 2.01. The molecular formula is C17H19N3O3S. The van der Waals surface area contributed by atoms with Crippen molar-refractivity contribution in [3.8, 4) is 17.5 Å². The fraction of sp³-hybridized carbons (Fsp3) is 0.412. The normalized spacial score (nSPS) is 19.1. The molecule has 3 rings (SSSR count). The molecule has 1 unspecified atom stereocenters. The maximum atomic E-state index is 12.9. The molecule has 6 nitrogen and oxygen atoms in total. The molecule has 0 amide bonds. The van der Waals surface area contributed by atoms with Crippen LogP contribution in [0, 0.1) is 24.2 Å². The third-order valence-corrected chi connectivity index (χ3v) is 5.95. The summed E-state index contributed by atoms with van der Waals surface area (Å²) in [5, 5.41) is 8.93. The molecule has 0 N–H and O–H groups in total. The monoisotopic (exact) mass is 345 g/mol. The van der Waals surface area contributed by atoms with Crippen molar-refractivity contribution < 1.29 is 12.8 Å². The highest BCUT2D eigenvalue weighted by Gasteiger charge is 2.35. The quantitative estimate of drug-likeness (QED) is 0.853. The van der Waals surface area contributed by atoms with Crippen molar-refractivity contribution in [2.24, 2.45) is 5.92 Å². The van der Waals surface area contributed by atoms with Gasteiger partial charge in [-0.15, -0.1) is 0 Å². The summed E-state index contributed by atoms with van der Waals surface area (Å²) < 4.78 is 32.6. The van der Waals surface area contributed by atoms with Crippen LogP contribution < -0.4 is 0 Å². The van der Waals surface area contributed by atoms with Crippen molar-refractivity contribution in [3.63, 3.8) is 0 Å². The Morgan fingerprint density at radius 3 is 2.67 bits per heavy atom. The molecule has 0 saturated carbocycles. The Hall–Kier alpha value is -2.17. The van der Waals surface area contributed by atoms with Gasteiger partial charge in [-0.1, -0.05) is 24.6 Å². The molecule has 0 aliphatic carbocycles. The van der Waals surface area contributed by atoms with E-state index in [1.807, 2.05) is 32.0 Å². The highest BCUT2D eigenvalue weighted by Crippen LogP contribution is 2.29. The summed E-state index contributed by atoms with van der Waals surface area (Å²) in [5.74, 6) is 0.439. The molecule has 126 valence electrons. The van der Waals surface area contributed by atoms with E-state index in [0.29, 0.717) is 24.6 Å². The number of hydrogen-bond donors (Lipinski definition) is 0. The summed E-state index contributed by atoms with van der Waals surface area (Å²) >= 11 is 0. The first-order valence-electron chi connectivity index (χ1n) is 7.90. The van der Waals surface area contributed by atoms with E-state index in [9.17, 15) is 13.7 Å². The minimum Gasteiger partial charge on any atom is -0.422 e. The lowest BCUT2D eigenvalue weighted by molar-refractivity contribution is 0.275. The number of aromatic nitrogens is 1. The van der Waals surface area contributed by atoms with Crippen LogP contribution in [0.3, 0.4) is 0 Å². The van der Waals surface area contributed by atoms with Gasteiger partial charge in [0, 0.05) is 18.7 Å². The first-order valence-corrected chi connectivity index (χ1v) is 9.34. The standard InChI is InChI=1S/C17H19N3O3S/c1-12-5-7-14(8-6-12)16-19-15(10-18)17(23-16)24(21,22)20-9-3-4-13(2)11-20/h5-8,13H,3-4,9,11H2,1-2H3. The molecule has 2 aromatic rings. The van der Waals surface area contributed by atoms with Crippen LogP contribution in [0.2, 0.25) is 0 Å². The first kappa shape index (κ1) is 16.7. The van der Waals surface area contributed by atoms with Crippen molar-refractivity contribution in [2.75, 3.05) is 13.1 Å². The summed E-state index contributed by atoms with van der Waals surface area (Å²) in [6, 6.07) is 9.19. The Kier molecular flexibility index (Phi) is 4.43. The van der Waals surface area contributed by atoms with Crippen LogP contribution in [0.5, 0.6) is 0 Å². The lowest BCUT2D eigenvalue weighted by Crippen LogP contribution is -2.39. The SMILES string of the molecule is Cc1ccc(-c2nc(C#N)c(S(=O)(=O)N3CCCC(C)C3)o2)cc1. The third-order valence-electron chi connectivity index (χ3n) is 4.19. The van der Waals surface area contributed by atoms with Gasteiger partial charge in [0.2, 0.25) is 5.89 Å². The molecular weight excluding hydrogens is 326 g/mol. The predicted octanol–water partition coefficient (Wildman–Crippen LogP) is 2.94. The molecule has 1 saturated heterocycles. The number of sulfonamides is 1.